The molecule has 9 nitrogen and oxygen atoms in total. The molecule has 0 saturated carbocycles. The fourth-order valence-electron chi connectivity index (χ4n) is 2.92. The van der Waals surface area contributed by atoms with Gasteiger partial charge in [-0.25, -0.2) is 9.69 Å². The van der Waals surface area contributed by atoms with Crippen LogP contribution in [0.5, 0.6) is 17.2 Å². The van der Waals surface area contributed by atoms with Crippen LogP contribution in [-0.4, -0.2) is 48.1 Å². The number of benzene rings is 2. The Morgan fingerprint density at radius 1 is 1.26 bits per heavy atom. The lowest BCUT2D eigenvalue weighted by molar-refractivity contribution is -0.127. The van der Waals surface area contributed by atoms with Crippen LogP contribution in [0.15, 0.2) is 46.6 Å². The number of methoxy groups -OCH3 is 1. The number of hydrogen-bond donors (Lipinski definition) is 3. The molecule has 2 aromatic rings. The molecule has 0 aliphatic carbocycles. The topological polar surface area (TPSA) is 117 Å². The third-order valence-electron chi connectivity index (χ3n) is 4.31. The Labute approximate surface area is 186 Å². The van der Waals surface area contributed by atoms with Crippen LogP contribution >= 0.6 is 15.9 Å². The summed E-state index contributed by atoms with van der Waals surface area (Å²) in [7, 11) is 1.47. The Bertz CT molecular complexity index is 1070. The van der Waals surface area contributed by atoms with Gasteiger partial charge in [-0.15, -0.1) is 0 Å². The van der Waals surface area contributed by atoms with Gasteiger partial charge in [0.25, 0.3) is 5.91 Å². The maximum atomic E-state index is 12.7. The van der Waals surface area contributed by atoms with E-state index < -0.39 is 24.4 Å². The molecular weight excluding hydrogens is 470 g/mol. The average Bonchev–Trinajstić information content (AvgIpc) is 2.99. The van der Waals surface area contributed by atoms with Crippen molar-refractivity contribution in [2.75, 3.05) is 25.6 Å². The molecule has 1 saturated heterocycles. The van der Waals surface area contributed by atoms with E-state index in [-0.39, 0.29) is 22.8 Å². The second kappa shape index (κ2) is 9.52. The number of nitrogens with zero attached hydrogens (tertiary/aromatic N) is 1. The van der Waals surface area contributed by atoms with Crippen molar-refractivity contribution in [3.8, 4) is 17.2 Å². The van der Waals surface area contributed by atoms with Crippen LogP contribution in [0.4, 0.5) is 10.5 Å². The van der Waals surface area contributed by atoms with Gasteiger partial charge in [0.2, 0.25) is 5.91 Å². The fraction of sp³-hybridized carbons (Fsp3) is 0.190. The van der Waals surface area contributed by atoms with Gasteiger partial charge in [0.15, 0.2) is 11.5 Å². The van der Waals surface area contributed by atoms with Crippen molar-refractivity contribution in [1.29, 1.82) is 0 Å². The van der Waals surface area contributed by atoms with Crippen molar-refractivity contribution >= 4 is 45.5 Å². The van der Waals surface area contributed by atoms with E-state index in [4.69, 9.17) is 9.47 Å². The molecule has 0 spiro atoms. The Morgan fingerprint density at radius 2 is 2.00 bits per heavy atom. The van der Waals surface area contributed by atoms with Crippen LogP contribution in [0.2, 0.25) is 0 Å². The zero-order chi connectivity index (χ0) is 22.5. The SMILES string of the molecule is CCOc1cc(Br)cc(/C=C2/NC(=O)N(CC(=O)Nc3ccccc3OC)C2=O)c1O. The van der Waals surface area contributed by atoms with Gasteiger partial charge in [-0.2, -0.15) is 0 Å². The number of phenols is 1. The number of ether oxygens (including phenoxy) is 2. The normalized spacial score (nSPS) is 14.5. The summed E-state index contributed by atoms with van der Waals surface area (Å²) in [5.41, 5.74) is 0.605. The maximum Gasteiger partial charge on any atom is 0.329 e. The Balaban J connectivity index is 1.77. The van der Waals surface area contributed by atoms with Crippen molar-refractivity contribution in [2.24, 2.45) is 0 Å². The molecule has 31 heavy (non-hydrogen) atoms. The predicted octanol–water partition coefficient (Wildman–Crippen LogP) is 3.09. The Hall–Kier alpha value is -3.53. The van der Waals surface area contributed by atoms with Gasteiger partial charge in [-0.3, -0.25) is 9.59 Å². The number of aromatic hydroxyl groups is 1. The van der Waals surface area contributed by atoms with E-state index in [0.717, 1.165) is 4.90 Å². The summed E-state index contributed by atoms with van der Waals surface area (Å²) in [6, 6.07) is 9.19. The van der Waals surface area contributed by atoms with E-state index in [9.17, 15) is 19.5 Å². The summed E-state index contributed by atoms with van der Waals surface area (Å²) >= 11 is 3.32. The highest BCUT2D eigenvalue weighted by Crippen LogP contribution is 2.35. The number of carbonyl (C=O) groups excluding carboxylic acids is 3. The number of anilines is 1. The number of hydrogen-bond acceptors (Lipinski definition) is 6. The van der Waals surface area contributed by atoms with Gasteiger partial charge in [0.05, 0.1) is 19.4 Å². The van der Waals surface area contributed by atoms with Crippen molar-refractivity contribution < 1.29 is 29.0 Å². The molecule has 0 bridgehead atoms. The number of rotatable bonds is 7. The zero-order valence-electron chi connectivity index (χ0n) is 16.8. The van der Waals surface area contributed by atoms with E-state index in [1.54, 1.807) is 43.3 Å². The number of nitrogens with one attached hydrogen (secondary N) is 2. The number of halogens is 1. The number of urea groups is 1. The first-order chi connectivity index (χ1) is 14.8. The molecule has 1 aliphatic heterocycles. The summed E-state index contributed by atoms with van der Waals surface area (Å²) in [5, 5.41) is 15.4. The van der Waals surface area contributed by atoms with Crippen LogP contribution in [0.1, 0.15) is 12.5 Å². The first-order valence-electron chi connectivity index (χ1n) is 9.26. The minimum atomic E-state index is -0.744. The van der Waals surface area contributed by atoms with Gasteiger partial charge >= 0.3 is 6.03 Å². The molecule has 0 unspecified atom stereocenters. The van der Waals surface area contributed by atoms with E-state index in [2.05, 4.69) is 26.6 Å². The minimum Gasteiger partial charge on any atom is -0.504 e. The molecule has 1 aliphatic rings. The smallest absolute Gasteiger partial charge is 0.329 e. The lowest BCUT2D eigenvalue weighted by Crippen LogP contribution is -2.38. The van der Waals surface area contributed by atoms with Crippen molar-refractivity contribution in [3.63, 3.8) is 0 Å². The summed E-state index contributed by atoms with van der Waals surface area (Å²) in [4.78, 5) is 38.1. The first kappa shape index (κ1) is 22.2. The highest BCUT2D eigenvalue weighted by Gasteiger charge is 2.35. The van der Waals surface area contributed by atoms with Crippen molar-refractivity contribution in [3.05, 3.63) is 52.1 Å². The van der Waals surface area contributed by atoms with E-state index in [1.165, 1.54) is 13.2 Å². The monoisotopic (exact) mass is 489 g/mol. The first-order valence-corrected chi connectivity index (χ1v) is 10.1. The largest absolute Gasteiger partial charge is 0.504 e. The zero-order valence-corrected chi connectivity index (χ0v) is 18.4. The molecule has 3 rings (SSSR count). The number of carbonyl (C=O) groups is 3. The number of para-hydroxylation sites is 2. The van der Waals surface area contributed by atoms with Crippen LogP contribution in [-0.2, 0) is 9.59 Å². The second-order valence-corrected chi connectivity index (χ2v) is 7.32. The molecule has 10 heteroatoms. The standard InChI is InChI=1S/C21H20BrN3O6/c1-3-31-17-10-13(22)8-12(19(17)27)9-15-20(28)25(21(29)24-15)11-18(26)23-14-6-4-5-7-16(14)30-2/h4-10,27H,3,11H2,1-2H3,(H,23,26)(H,24,29)/b15-9+. The van der Waals surface area contributed by atoms with Gasteiger partial charge in [-0.1, -0.05) is 28.1 Å². The highest BCUT2D eigenvalue weighted by molar-refractivity contribution is 9.10. The highest BCUT2D eigenvalue weighted by atomic mass is 79.9. The van der Waals surface area contributed by atoms with Gasteiger partial charge in [-0.05, 0) is 37.3 Å². The quantitative estimate of drug-likeness (QED) is 0.406. The molecular formula is C21H20BrN3O6. The molecule has 2 aromatic carbocycles. The Kier molecular flexibility index (Phi) is 6.81. The van der Waals surface area contributed by atoms with Crippen LogP contribution in [0.3, 0.4) is 0 Å². The average molecular weight is 490 g/mol. The minimum absolute atomic E-state index is 0.0778. The van der Waals surface area contributed by atoms with Crippen molar-refractivity contribution in [2.45, 2.75) is 6.92 Å². The molecule has 3 N–H and O–H groups in total. The fourth-order valence-corrected chi connectivity index (χ4v) is 3.38. The summed E-state index contributed by atoms with van der Waals surface area (Å²) in [6.45, 7) is 1.62. The second-order valence-electron chi connectivity index (χ2n) is 6.40. The summed E-state index contributed by atoms with van der Waals surface area (Å²) < 4.78 is 11.1. The van der Waals surface area contributed by atoms with Gasteiger partial charge in [0.1, 0.15) is 18.0 Å². The van der Waals surface area contributed by atoms with Crippen LogP contribution in [0.25, 0.3) is 6.08 Å². The lowest BCUT2D eigenvalue weighted by atomic mass is 10.1. The van der Waals surface area contributed by atoms with Gasteiger partial charge in [0, 0.05) is 10.0 Å². The molecule has 0 aromatic heterocycles. The molecule has 0 radical (unpaired) electrons. The van der Waals surface area contributed by atoms with Crippen LogP contribution in [0, 0.1) is 0 Å². The number of imide groups is 1. The third-order valence-corrected chi connectivity index (χ3v) is 4.77. The summed E-state index contributed by atoms with van der Waals surface area (Å²) in [6.07, 6.45) is 1.32. The molecule has 0 atom stereocenters. The lowest BCUT2D eigenvalue weighted by Gasteiger charge is -2.13. The predicted molar refractivity (Wildman–Crippen MR) is 117 cm³/mol. The van der Waals surface area contributed by atoms with E-state index >= 15 is 0 Å². The van der Waals surface area contributed by atoms with Crippen molar-refractivity contribution in [1.82, 2.24) is 10.2 Å². The Morgan fingerprint density at radius 3 is 2.71 bits per heavy atom. The van der Waals surface area contributed by atoms with Gasteiger partial charge < -0.3 is 25.2 Å². The number of amides is 4. The molecule has 1 fully saturated rings. The third kappa shape index (κ3) is 4.97. The molecule has 1 heterocycles. The molecule has 4 amide bonds. The van der Waals surface area contributed by atoms with Crippen LogP contribution < -0.4 is 20.1 Å². The molecule has 162 valence electrons. The summed E-state index contributed by atoms with van der Waals surface area (Å²) in [5.74, 6) is -0.764. The maximum absolute atomic E-state index is 12.7. The number of phenolic OH excluding ortho intramolecular Hbond substituents is 1. The van der Waals surface area contributed by atoms with E-state index in [0.29, 0.717) is 22.5 Å². The van der Waals surface area contributed by atoms with E-state index in [1.807, 2.05) is 0 Å².